The van der Waals surface area contributed by atoms with Gasteiger partial charge in [0.2, 0.25) is 0 Å². The summed E-state index contributed by atoms with van der Waals surface area (Å²) in [5.74, 6) is 0.0798. The van der Waals surface area contributed by atoms with Crippen molar-refractivity contribution in [3.05, 3.63) is 34.3 Å². The smallest absolute Gasteiger partial charge is 0.124 e. The summed E-state index contributed by atoms with van der Waals surface area (Å²) in [4.78, 5) is 0. The number of alkyl halides is 1. The number of hydrogen-bond donors (Lipinski definition) is 1. The molecular formula is C12H15BrFN. The predicted octanol–water partition coefficient (Wildman–Crippen LogP) is 2.94. The van der Waals surface area contributed by atoms with Crippen LogP contribution in [0.2, 0.25) is 0 Å². The molecule has 1 N–H and O–H groups in total. The van der Waals surface area contributed by atoms with E-state index in [-0.39, 0.29) is 5.92 Å². The first-order chi connectivity index (χ1) is 7.09. The van der Waals surface area contributed by atoms with Gasteiger partial charge < -0.3 is 5.32 Å². The van der Waals surface area contributed by atoms with Crippen LogP contribution in [0.3, 0.4) is 0 Å². The Balaban J connectivity index is 2.12. The lowest BCUT2D eigenvalue weighted by Crippen LogP contribution is -2.30. The summed E-state index contributed by atoms with van der Waals surface area (Å²) in [5, 5.41) is 3.11. The van der Waals surface area contributed by atoms with Crippen molar-refractivity contribution in [3.8, 4) is 0 Å². The van der Waals surface area contributed by atoms with Crippen LogP contribution in [-0.2, 0) is 6.42 Å². The molecular weight excluding hydrogens is 257 g/mol. The van der Waals surface area contributed by atoms with E-state index < -0.39 is 5.67 Å². The molecule has 1 heterocycles. The Morgan fingerprint density at radius 2 is 2.27 bits per heavy atom. The van der Waals surface area contributed by atoms with E-state index in [2.05, 4.69) is 27.3 Å². The number of hydrogen-bond acceptors (Lipinski definition) is 1. The maximum atomic E-state index is 14.0. The SMILES string of the molecule is CC1(F)CNCC1Cc1ccccc1Br. The number of halogens is 2. The molecule has 0 saturated carbocycles. The van der Waals surface area contributed by atoms with E-state index in [1.54, 1.807) is 6.92 Å². The summed E-state index contributed by atoms with van der Waals surface area (Å²) in [5.41, 5.74) is 0.116. The molecule has 1 saturated heterocycles. The molecule has 3 heteroatoms. The third-order valence-corrected chi connectivity index (χ3v) is 3.91. The van der Waals surface area contributed by atoms with Crippen molar-refractivity contribution in [1.29, 1.82) is 0 Å². The van der Waals surface area contributed by atoms with Gasteiger partial charge in [0.05, 0.1) is 0 Å². The van der Waals surface area contributed by atoms with Crippen molar-refractivity contribution in [2.45, 2.75) is 19.0 Å². The van der Waals surface area contributed by atoms with Crippen LogP contribution < -0.4 is 5.32 Å². The minimum Gasteiger partial charge on any atom is -0.313 e. The van der Waals surface area contributed by atoms with Crippen LogP contribution in [0.5, 0.6) is 0 Å². The van der Waals surface area contributed by atoms with E-state index in [0.717, 1.165) is 17.4 Å². The first-order valence-corrected chi connectivity index (χ1v) is 6.02. The van der Waals surface area contributed by atoms with E-state index in [4.69, 9.17) is 0 Å². The van der Waals surface area contributed by atoms with E-state index in [9.17, 15) is 4.39 Å². The molecule has 1 aliphatic heterocycles. The minimum absolute atomic E-state index is 0.0798. The maximum absolute atomic E-state index is 14.0. The average Bonchev–Trinajstić information content (AvgIpc) is 2.50. The number of nitrogens with one attached hydrogen (secondary N) is 1. The van der Waals surface area contributed by atoms with Crippen LogP contribution in [-0.4, -0.2) is 18.8 Å². The lowest BCUT2D eigenvalue weighted by molar-refractivity contribution is 0.152. The number of rotatable bonds is 2. The Morgan fingerprint density at radius 3 is 2.87 bits per heavy atom. The summed E-state index contributed by atoms with van der Waals surface area (Å²) < 4.78 is 15.1. The van der Waals surface area contributed by atoms with Crippen LogP contribution in [0.1, 0.15) is 12.5 Å². The van der Waals surface area contributed by atoms with Gasteiger partial charge in [-0.05, 0) is 25.0 Å². The zero-order chi connectivity index (χ0) is 10.9. The largest absolute Gasteiger partial charge is 0.313 e. The van der Waals surface area contributed by atoms with Crippen molar-refractivity contribution in [2.24, 2.45) is 5.92 Å². The summed E-state index contributed by atoms with van der Waals surface area (Å²) in [6, 6.07) is 8.04. The third kappa shape index (κ3) is 2.40. The van der Waals surface area contributed by atoms with Crippen molar-refractivity contribution >= 4 is 15.9 Å². The van der Waals surface area contributed by atoms with Gasteiger partial charge in [0, 0.05) is 23.5 Å². The van der Waals surface area contributed by atoms with E-state index >= 15 is 0 Å². The molecule has 1 fully saturated rings. The summed E-state index contributed by atoms with van der Waals surface area (Å²) in [6.45, 7) is 2.94. The lowest BCUT2D eigenvalue weighted by atomic mass is 9.89. The van der Waals surface area contributed by atoms with Gasteiger partial charge in [0.1, 0.15) is 5.67 Å². The van der Waals surface area contributed by atoms with Crippen molar-refractivity contribution in [2.75, 3.05) is 13.1 Å². The molecule has 15 heavy (non-hydrogen) atoms. The highest BCUT2D eigenvalue weighted by atomic mass is 79.9. The fourth-order valence-electron chi connectivity index (χ4n) is 2.06. The molecule has 0 bridgehead atoms. The molecule has 1 aliphatic rings. The van der Waals surface area contributed by atoms with Gasteiger partial charge in [0.25, 0.3) is 0 Å². The first kappa shape index (κ1) is 11.1. The molecule has 2 rings (SSSR count). The van der Waals surface area contributed by atoms with Crippen molar-refractivity contribution in [1.82, 2.24) is 5.32 Å². The Labute approximate surface area is 98.2 Å². The molecule has 0 spiro atoms. The Kier molecular flexibility index (Phi) is 3.12. The lowest BCUT2D eigenvalue weighted by Gasteiger charge is -2.21. The topological polar surface area (TPSA) is 12.0 Å². The van der Waals surface area contributed by atoms with Gasteiger partial charge in [-0.1, -0.05) is 34.1 Å². The van der Waals surface area contributed by atoms with Gasteiger partial charge in [-0.25, -0.2) is 4.39 Å². The predicted molar refractivity (Wildman–Crippen MR) is 63.7 cm³/mol. The van der Waals surface area contributed by atoms with E-state index in [0.29, 0.717) is 6.54 Å². The zero-order valence-electron chi connectivity index (χ0n) is 8.76. The maximum Gasteiger partial charge on any atom is 0.124 e. The van der Waals surface area contributed by atoms with E-state index in [1.807, 2.05) is 18.2 Å². The zero-order valence-corrected chi connectivity index (χ0v) is 10.3. The van der Waals surface area contributed by atoms with E-state index in [1.165, 1.54) is 5.56 Å². The number of benzene rings is 1. The van der Waals surface area contributed by atoms with Crippen LogP contribution >= 0.6 is 15.9 Å². The highest BCUT2D eigenvalue weighted by Gasteiger charge is 2.38. The Bertz CT molecular complexity index is 351. The molecule has 1 aromatic carbocycles. The molecule has 0 amide bonds. The second-order valence-electron chi connectivity index (χ2n) is 4.40. The quantitative estimate of drug-likeness (QED) is 0.872. The molecule has 0 radical (unpaired) electrons. The summed E-state index contributed by atoms with van der Waals surface area (Å²) in [7, 11) is 0. The van der Waals surface area contributed by atoms with Gasteiger partial charge in [-0.3, -0.25) is 0 Å². The van der Waals surface area contributed by atoms with Crippen LogP contribution in [0.4, 0.5) is 4.39 Å². The van der Waals surface area contributed by atoms with Crippen LogP contribution in [0.15, 0.2) is 28.7 Å². The highest BCUT2D eigenvalue weighted by Crippen LogP contribution is 2.30. The molecule has 0 aliphatic carbocycles. The standard InChI is InChI=1S/C12H15BrFN/c1-12(14)8-15-7-10(12)6-9-4-2-3-5-11(9)13/h2-5,10,15H,6-8H2,1H3. The van der Waals surface area contributed by atoms with Crippen LogP contribution in [0.25, 0.3) is 0 Å². The minimum atomic E-state index is -1.07. The molecule has 1 nitrogen and oxygen atoms in total. The van der Waals surface area contributed by atoms with Gasteiger partial charge in [0.15, 0.2) is 0 Å². The van der Waals surface area contributed by atoms with Crippen molar-refractivity contribution < 1.29 is 4.39 Å². The van der Waals surface area contributed by atoms with Crippen molar-refractivity contribution in [3.63, 3.8) is 0 Å². The fraction of sp³-hybridized carbons (Fsp3) is 0.500. The molecule has 1 aromatic rings. The monoisotopic (exact) mass is 271 g/mol. The normalized spacial score (nSPS) is 30.7. The average molecular weight is 272 g/mol. The molecule has 2 atom stereocenters. The molecule has 0 aromatic heterocycles. The van der Waals surface area contributed by atoms with Gasteiger partial charge in [-0.2, -0.15) is 0 Å². The van der Waals surface area contributed by atoms with Gasteiger partial charge in [-0.15, -0.1) is 0 Å². The third-order valence-electron chi connectivity index (χ3n) is 3.14. The molecule has 82 valence electrons. The summed E-state index contributed by atoms with van der Waals surface area (Å²) in [6.07, 6.45) is 0.793. The second kappa shape index (κ2) is 4.22. The first-order valence-electron chi connectivity index (χ1n) is 5.22. The highest BCUT2D eigenvalue weighted by molar-refractivity contribution is 9.10. The Morgan fingerprint density at radius 1 is 1.53 bits per heavy atom. The molecule has 2 unspecified atom stereocenters. The van der Waals surface area contributed by atoms with Gasteiger partial charge >= 0.3 is 0 Å². The Hall–Kier alpha value is -0.410. The van der Waals surface area contributed by atoms with Crippen LogP contribution in [0, 0.1) is 5.92 Å². The summed E-state index contributed by atoms with van der Waals surface area (Å²) >= 11 is 3.50. The second-order valence-corrected chi connectivity index (χ2v) is 5.26. The fourth-order valence-corrected chi connectivity index (χ4v) is 2.51.